The van der Waals surface area contributed by atoms with Gasteiger partial charge in [0.1, 0.15) is 15.5 Å². The molecule has 0 nitrogen and oxygen atoms in total. The van der Waals surface area contributed by atoms with E-state index < -0.39 is 39.7 Å². The van der Waals surface area contributed by atoms with Crippen LogP contribution in [0, 0.1) is 34.5 Å². The maximum absolute atomic E-state index is 5.97. The fraction of sp³-hybridized carbons (Fsp3) is 0.451. The molecule has 60 heavy (non-hydrogen) atoms. The topological polar surface area (TPSA) is 0 Å². The first-order valence-electron chi connectivity index (χ1n) is 21.8. The Labute approximate surface area is 421 Å². The Morgan fingerprint density at radius 1 is 0.417 bits per heavy atom. The molecular formula is C51H78ClI3Si5. The molecule has 0 aliphatic rings. The van der Waals surface area contributed by atoms with E-state index in [0.717, 1.165) is 11.1 Å². The largest absolute Gasteiger partial charge is 0.168 e. The van der Waals surface area contributed by atoms with Gasteiger partial charge in [-0.3, -0.25) is 0 Å². The average Bonchev–Trinajstić information content (AvgIpc) is 3.16. The SMILES string of the molecule is C#C[Si](C)(C)C.CCC[Si](C)(C)Cl.CCC[Si](C)(C)c1ccc(C#Cc2ccc([Si](C)(C)CCC)cc2)cc1.CCC[Si](C)(C)c1ccc(I)cc1.Ic1ccc(I)cc1. The summed E-state index contributed by atoms with van der Waals surface area (Å²) in [6.07, 6.45) is 10.2. The molecule has 0 heterocycles. The van der Waals surface area contributed by atoms with E-state index in [1.54, 1.807) is 5.19 Å². The highest BCUT2D eigenvalue weighted by molar-refractivity contribution is 14.1. The minimum atomic E-state index is -1.26. The molecule has 4 rings (SSSR count). The lowest BCUT2D eigenvalue weighted by atomic mass is 10.2. The second-order valence-corrected chi connectivity index (χ2v) is 49.2. The van der Waals surface area contributed by atoms with Crippen LogP contribution in [0.2, 0.25) is 96.2 Å². The third kappa shape index (κ3) is 27.7. The van der Waals surface area contributed by atoms with Crippen molar-refractivity contribution in [1.29, 1.82) is 0 Å². The van der Waals surface area contributed by atoms with E-state index in [2.05, 4.69) is 282 Å². The summed E-state index contributed by atoms with van der Waals surface area (Å²) in [4.78, 5) is 0. The van der Waals surface area contributed by atoms with Crippen LogP contribution in [0.4, 0.5) is 0 Å². The van der Waals surface area contributed by atoms with Crippen molar-refractivity contribution >= 4 is 134 Å². The number of hydrogen-bond donors (Lipinski definition) is 0. The number of terminal acetylenes is 1. The monoisotopic (exact) mass is 1250 g/mol. The van der Waals surface area contributed by atoms with Gasteiger partial charge in [-0.25, -0.2) is 0 Å². The fourth-order valence-electron chi connectivity index (χ4n) is 6.39. The average molecular weight is 1250 g/mol. The molecule has 4 aromatic rings. The summed E-state index contributed by atoms with van der Waals surface area (Å²) < 4.78 is 3.92. The van der Waals surface area contributed by atoms with E-state index in [-0.39, 0.29) is 0 Å². The van der Waals surface area contributed by atoms with Gasteiger partial charge in [-0.1, -0.05) is 207 Å². The molecule has 0 bridgehead atoms. The van der Waals surface area contributed by atoms with Crippen molar-refractivity contribution in [2.75, 3.05) is 0 Å². The minimum Gasteiger partial charge on any atom is -0.168 e. The maximum Gasteiger partial charge on any atom is 0.150 e. The van der Waals surface area contributed by atoms with Gasteiger partial charge in [0.05, 0.1) is 24.2 Å². The van der Waals surface area contributed by atoms with E-state index in [0.29, 0.717) is 0 Å². The van der Waals surface area contributed by atoms with Crippen molar-refractivity contribution in [1.82, 2.24) is 0 Å². The molecule has 0 aromatic heterocycles. The Kier molecular flexibility index (Phi) is 29.7. The van der Waals surface area contributed by atoms with Crippen LogP contribution >= 0.6 is 78.9 Å². The Morgan fingerprint density at radius 2 is 0.633 bits per heavy atom. The van der Waals surface area contributed by atoms with Gasteiger partial charge in [-0.05, 0) is 134 Å². The third-order valence-corrected chi connectivity index (χ3v) is 26.2. The Morgan fingerprint density at radius 3 is 0.817 bits per heavy atom. The number of rotatable bonds is 11. The van der Waals surface area contributed by atoms with Crippen LogP contribution in [0.5, 0.6) is 0 Å². The summed E-state index contributed by atoms with van der Waals surface area (Å²) in [5.41, 5.74) is 4.96. The van der Waals surface area contributed by atoms with Crippen LogP contribution in [0.15, 0.2) is 97.1 Å². The van der Waals surface area contributed by atoms with Gasteiger partial charge in [-0.2, -0.15) is 11.1 Å². The molecule has 0 saturated heterocycles. The number of hydrogen-bond acceptors (Lipinski definition) is 0. The van der Waals surface area contributed by atoms with Crippen LogP contribution in [0.25, 0.3) is 0 Å². The standard InChI is InChI=1S/C24H34Si2.C11H17ISi.C6H4I2.C5H13ClSi.C5H10Si/c1-7-19-25(3,4)23-15-11-21(12-16-23)9-10-22-13-17-24(18-14-22)26(5,6)20-8-2;1-4-9-13(2,3)11-7-5-10(12)6-8-11;7-5-1-2-6(8)4-3-5;1-4-5-7(2,3)6;1-5-6(2,3)4/h11-18H,7-8,19-20H2,1-6H3;5-8H,4,9H2,1-3H3;1-4H;4-5H2,1-3H3;1H,2-4H3. The highest BCUT2D eigenvalue weighted by Crippen LogP contribution is 2.16. The van der Waals surface area contributed by atoms with Crippen LogP contribution < -0.4 is 15.6 Å². The van der Waals surface area contributed by atoms with Gasteiger partial charge in [0, 0.05) is 21.8 Å². The smallest absolute Gasteiger partial charge is 0.150 e. The first-order valence-corrected chi connectivity index (χ1v) is 42.4. The van der Waals surface area contributed by atoms with Gasteiger partial charge in [0.15, 0.2) is 0 Å². The van der Waals surface area contributed by atoms with Gasteiger partial charge < -0.3 is 0 Å². The van der Waals surface area contributed by atoms with E-state index in [4.69, 9.17) is 17.5 Å². The molecule has 0 radical (unpaired) electrons. The molecule has 330 valence electrons. The van der Waals surface area contributed by atoms with E-state index in [1.165, 1.54) is 70.9 Å². The summed E-state index contributed by atoms with van der Waals surface area (Å²) in [6, 6.07) is 40.8. The molecule has 0 spiro atoms. The summed E-state index contributed by atoms with van der Waals surface area (Å²) in [5.74, 6) is 6.66. The first-order chi connectivity index (χ1) is 27.7. The Bertz CT molecular complexity index is 1770. The van der Waals surface area contributed by atoms with Crippen molar-refractivity contribution < 1.29 is 0 Å². The lowest BCUT2D eigenvalue weighted by Crippen LogP contribution is -2.40. The van der Waals surface area contributed by atoms with Crippen LogP contribution in [-0.4, -0.2) is 39.7 Å². The molecule has 9 heteroatoms. The molecule has 0 atom stereocenters. The van der Waals surface area contributed by atoms with Crippen LogP contribution in [0.3, 0.4) is 0 Å². The maximum atomic E-state index is 5.97. The molecule has 0 saturated carbocycles. The third-order valence-electron chi connectivity index (χ3n) is 10.0. The second-order valence-electron chi connectivity index (χ2n) is 19.1. The zero-order valence-electron chi connectivity index (χ0n) is 40.0. The van der Waals surface area contributed by atoms with E-state index in [9.17, 15) is 0 Å². The van der Waals surface area contributed by atoms with E-state index >= 15 is 0 Å². The van der Waals surface area contributed by atoms with Crippen molar-refractivity contribution in [2.24, 2.45) is 0 Å². The molecule has 4 aromatic carbocycles. The molecule has 0 aliphatic heterocycles. The lowest BCUT2D eigenvalue weighted by Gasteiger charge is -2.22. The second kappa shape index (κ2) is 29.9. The minimum absolute atomic E-state index is 1.10. The van der Waals surface area contributed by atoms with Gasteiger partial charge in [0.2, 0.25) is 0 Å². The fourth-order valence-corrected chi connectivity index (χ4v) is 17.0. The molecular weight excluding hydrogens is 1170 g/mol. The molecule has 0 fully saturated rings. The summed E-state index contributed by atoms with van der Waals surface area (Å²) in [5, 5.41) is 4.67. The van der Waals surface area contributed by atoms with Crippen LogP contribution in [-0.2, 0) is 0 Å². The van der Waals surface area contributed by atoms with Crippen molar-refractivity contribution in [3.8, 4) is 23.8 Å². The van der Waals surface area contributed by atoms with E-state index in [1.807, 2.05) is 0 Å². The summed E-state index contributed by atoms with van der Waals surface area (Å²) in [6.45, 7) is 34.6. The zero-order valence-corrected chi connectivity index (χ0v) is 52.2. The van der Waals surface area contributed by atoms with Crippen molar-refractivity contribution in [3.05, 3.63) is 119 Å². The highest BCUT2D eigenvalue weighted by Gasteiger charge is 2.23. The van der Waals surface area contributed by atoms with Gasteiger partial charge in [-0.15, -0.1) is 12.0 Å². The predicted molar refractivity (Wildman–Crippen MR) is 317 cm³/mol. The van der Waals surface area contributed by atoms with Gasteiger partial charge in [0.25, 0.3) is 0 Å². The molecule has 0 unspecified atom stereocenters. The van der Waals surface area contributed by atoms with Crippen molar-refractivity contribution in [3.63, 3.8) is 0 Å². The first kappa shape index (κ1) is 59.6. The molecule has 0 aliphatic carbocycles. The lowest BCUT2D eigenvalue weighted by molar-refractivity contribution is 1.05. The Hall–Kier alpha value is -0.436. The van der Waals surface area contributed by atoms with Crippen molar-refractivity contribution in [2.45, 2.75) is 150 Å². The predicted octanol–water partition coefficient (Wildman–Crippen LogP) is 16.6. The Balaban J connectivity index is 0.000000844. The number of halogens is 4. The number of benzene rings is 4. The molecule has 0 N–H and O–H groups in total. The zero-order chi connectivity index (χ0) is 46.2. The molecule has 0 amide bonds. The van der Waals surface area contributed by atoms with Crippen LogP contribution in [0.1, 0.15) is 64.5 Å². The summed E-state index contributed by atoms with van der Waals surface area (Å²) in [7, 11) is -5.92. The quantitative estimate of drug-likeness (QED) is 0.0608. The highest BCUT2D eigenvalue weighted by atomic mass is 127. The summed E-state index contributed by atoms with van der Waals surface area (Å²) >= 11 is 12.9. The normalized spacial score (nSPS) is 11.3. The van der Waals surface area contributed by atoms with Gasteiger partial charge >= 0.3 is 0 Å².